The Balaban J connectivity index is 1.47. The fraction of sp³-hybridized carbons (Fsp3) is 0.381. The zero-order chi connectivity index (χ0) is 17.5. The first kappa shape index (κ1) is 17.3. The number of carbonyl (C=O) groups excluding carboxylic acids is 1. The van der Waals surface area contributed by atoms with Crippen LogP contribution in [0.3, 0.4) is 0 Å². The van der Waals surface area contributed by atoms with E-state index in [1.165, 1.54) is 0 Å². The summed E-state index contributed by atoms with van der Waals surface area (Å²) in [6.07, 6.45) is 3.49. The first-order valence-corrected chi connectivity index (χ1v) is 8.86. The second-order valence-corrected chi connectivity index (χ2v) is 6.37. The molecule has 4 heteroatoms. The summed E-state index contributed by atoms with van der Waals surface area (Å²) in [5, 5.41) is 0. The van der Waals surface area contributed by atoms with Crippen LogP contribution in [0.15, 0.2) is 54.6 Å². The molecule has 1 saturated carbocycles. The van der Waals surface area contributed by atoms with Crippen molar-refractivity contribution in [1.29, 1.82) is 0 Å². The van der Waals surface area contributed by atoms with Crippen LogP contribution in [-0.4, -0.2) is 30.6 Å². The van der Waals surface area contributed by atoms with Gasteiger partial charge in [-0.1, -0.05) is 30.3 Å². The van der Waals surface area contributed by atoms with Crippen molar-refractivity contribution in [3.05, 3.63) is 60.2 Å². The third-order valence-electron chi connectivity index (χ3n) is 4.37. The molecule has 0 spiro atoms. The molecule has 0 N–H and O–H groups in total. The number of hydrogen-bond acceptors (Lipinski definition) is 3. The highest BCUT2D eigenvalue weighted by atomic mass is 16.5. The third-order valence-corrected chi connectivity index (χ3v) is 4.37. The monoisotopic (exact) mass is 339 g/mol. The predicted octanol–water partition coefficient (Wildman–Crippen LogP) is 4.05. The second-order valence-electron chi connectivity index (χ2n) is 6.37. The van der Waals surface area contributed by atoms with E-state index in [1.54, 1.807) is 7.11 Å². The van der Waals surface area contributed by atoms with Gasteiger partial charge in [-0.2, -0.15) is 0 Å². The lowest BCUT2D eigenvalue weighted by molar-refractivity contribution is -0.132. The van der Waals surface area contributed by atoms with E-state index < -0.39 is 0 Å². The number of ether oxygens (including phenoxy) is 2. The van der Waals surface area contributed by atoms with Crippen molar-refractivity contribution in [2.45, 2.75) is 38.3 Å². The molecule has 1 amide bonds. The Bertz CT molecular complexity index is 665. The van der Waals surface area contributed by atoms with Crippen molar-refractivity contribution in [3.8, 4) is 11.5 Å². The largest absolute Gasteiger partial charge is 0.497 e. The van der Waals surface area contributed by atoms with Crippen LogP contribution in [0.1, 0.15) is 31.2 Å². The molecule has 132 valence electrons. The lowest BCUT2D eigenvalue weighted by Crippen LogP contribution is -2.32. The van der Waals surface area contributed by atoms with Crippen molar-refractivity contribution in [3.63, 3.8) is 0 Å². The Morgan fingerprint density at radius 1 is 1.04 bits per heavy atom. The molecule has 1 aliphatic rings. The van der Waals surface area contributed by atoms with E-state index in [2.05, 4.69) is 0 Å². The molecule has 0 atom stereocenters. The van der Waals surface area contributed by atoms with Gasteiger partial charge < -0.3 is 14.4 Å². The van der Waals surface area contributed by atoms with Gasteiger partial charge in [-0.3, -0.25) is 4.79 Å². The molecule has 0 aromatic heterocycles. The average molecular weight is 339 g/mol. The third kappa shape index (κ3) is 5.24. The summed E-state index contributed by atoms with van der Waals surface area (Å²) < 4.78 is 10.9. The van der Waals surface area contributed by atoms with Crippen LogP contribution >= 0.6 is 0 Å². The van der Waals surface area contributed by atoms with Gasteiger partial charge in [0.05, 0.1) is 13.7 Å². The fourth-order valence-corrected chi connectivity index (χ4v) is 2.81. The lowest BCUT2D eigenvalue weighted by Gasteiger charge is -2.23. The minimum absolute atomic E-state index is 0.218. The van der Waals surface area contributed by atoms with Gasteiger partial charge in [0.15, 0.2) is 0 Å². The first-order chi connectivity index (χ1) is 12.3. The SMILES string of the molecule is COc1ccc(CN(C(=O)CCCOc2ccccc2)C2CC2)cc1. The molecule has 3 rings (SSSR count). The molecule has 2 aromatic rings. The zero-order valence-corrected chi connectivity index (χ0v) is 14.7. The van der Waals surface area contributed by atoms with Crippen LogP contribution in [0.4, 0.5) is 0 Å². The van der Waals surface area contributed by atoms with Crippen molar-refractivity contribution in [1.82, 2.24) is 4.90 Å². The molecular weight excluding hydrogens is 314 g/mol. The minimum atomic E-state index is 0.218. The second kappa shape index (κ2) is 8.56. The van der Waals surface area contributed by atoms with Gasteiger partial charge in [0.1, 0.15) is 11.5 Å². The normalized spacial score (nSPS) is 13.3. The Hall–Kier alpha value is -2.49. The highest BCUT2D eigenvalue weighted by Gasteiger charge is 2.32. The molecule has 0 bridgehead atoms. The van der Waals surface area contributed by atoms with Gasteiger partial charge in [0.25, 0.3) is 0 Å². The van der Waals surface area contributed by atoms with E-state index in [1.807, 2.05) is 59.5 Å². The molecule has 0 aliphatic heterocycles. The summed E-state index contributed by atoms with van der Waals surface area (Å²) in [5.74, 6) is 1.91. The van der Waals surface area contributed by atoms with E-state index in [-0.39, 0.29) is 5.91 Å². The Kier molecular flexibility index (Phi) is 5.94. The first-order valence-electron chi connectivity index (χ1n) is 8.86. The smallest absolute Gasteiger partial charge is 0.223 e. The van der Waals surface area contributed by atoms with Crippen LogP contribution in [-0.2, 0) is 11.3 Å². The highest BCUT2D eigenvalue weighted by Crippen LogP contribution is 2.29. The maximum absolute atomic E-state index is 12.6. The van der Waals surface area contributed by atoms with Crippen molar-refractivity contribution in [2.24, 2.45) is 0 Å². The topological polar surface area (TPSA) is 38.8 Å². The Morgan fingerprint density at radius 3 is 2.40 bits per heavy atom. The lowest BCUT2D eigenvalue weighted by atomic mass is 10.2. The summed E-state index contributed by atoms with van der Waals surface area (Å²) in [5.41, 5.74) is 1.14. The summed E-state index contributed by atoms with van der Waals surface area (Å²) in [6, 6.07) is 18.1. The number of hydrogen-bond donors (Lipinski definition) is 0. The van der Waals surface area contributed by atoms with Gasteiger partial charge in [-0.05, 0) is 49.1 Å². The van der Waals surface area contributed by atoms with E-state index in [0.29, 0.717) is 25.6 Å². The van der Waals surface area contributed by atoms with Crippen LogP contribution in [0, 0.1) is 0 Å². The van der Waals surface area contributed by atoms with Gasteiger partial charge in [-0.15, -0.1) is 0 Å². The molecule has 0 unspecified atom stereocenters. The molecule has 0 heterocycles. The van der Waals surface area contributed by atoms with E-state index in [4.69, 9.17) is 9.47 Å². The molecule has 1 aliphatic carbocycles. The molecular formula is C21H25NO3. The summed E-state index contributed by atoms with van der Waals surface area (Å²) in [4.78, 5) is 14.6. The number of methoxy groups -OCH3 is 1. The van der Waals surface area contributed by atoms with Crippen LogP contribution in [0.2, 0.25) is 0 Å². The standard InChI is InChI=1S/C21H25NO3/c1-24-19-13-9-17(10-14-19)16-22(18-11-12-18)21(23)8-5-15-25-20-6-3-2-4-7-20/h2-4,6-7,9-10,13-14,18H,5,8,11-12,15-16H2,1H3. The predicted molar refractivity (Wildman–Crippen MR) is 97.7 cm³/mol. The van der Waals surface area contributed by atoms with Crippen LogP contribution < -0.4 is 9.47 Å². The molecule has 25 heavy (non-hydrogen) atoms. The van der Waals surface area contributed by atoms with Gasteiger partial charge in [0, 0.05) is 19.0 Å². The van der Waals surface area contributed by atoms with Crippen molar-refractivity contribution >= 4 is 5.91 Å². The van der Waals surface area contributed by atoms with Gasteiger partial charge in [0.2, 0.25) is 5.91 Å². The molecule has 2 aromatic carbocycles. The summed E-state index contributed by atoms with van der Waals surface area (Å²) in [7, 11) is 1.66. The molecule has 0 radical (unpaired) electrons. The number of nitrogens with zero attached hydrogens (tertiary/aromatic N) is 1. The maximum Gasteiger partial charge on any atom is 0.223 e. The number of para-hydroxylation sites is 1. The highest BCUT2D eigenvalue weighted by molar-refractivity contribution is 5.76. The number of carbonyl (C=O) groups is 1. The number of rotatable bonds is 9. The van der Waals surface area contributed by atoms with Crippen molar-refractivity contribution in [2.75, 3.05) is 13.7 Å². The van der Waals surface area contributed by atoms with Crippen LogP contribution in [0.5, 0.6) is 11.5 Å². The maximum atomic E-state index is 12.6. The number of benzene rings is 2. The van der Waals surface area contributed by atoms with Gasteiger partial charge >= 0.3 is 0 Å². The quantitative estimate of drug-likeness (QED) is 0.647. The minimum Gasteiger partial charge on any atom is -0.497 e. The Labute approximate surface area is 149 Å². The molecule has 4 nitrogen and oxygen atoms in total. The summed E-state index contributed by atoms with van der Waals surface area (Å²) in [6.45, 7) is 1.24. The van der Waals surface area contributed by atoms with E-state index >= 15 is 0 Å². The van der Waals surface area contributed by atoms with Gasteiger partial charge in [-0.25, -0.2) is 0 Å². The zero-order valence-electron chi connectivity index (χ0n) is 14.7. The molecule has 0 saturated heterocycles. The molecule has 1 fully saturated rings. The van der Waals surface area contributed by atoms with E-state index in [0.717, 1.165) is 36.3 Å². The van der Waals surface area contributed by atoms with E-state index in [9.17, 15) is 4.79 Å². The average Bonchev–Trinajstić information content (AvgIpc) is 3.49. The van der Waals surface area contributed by atoms with Crippen LogP contribution in [0.25, 0.3) is 0 Å². The Morgan fingerprint density at radius 2 is 1.76 bits per heavy atom. The summed E-state index contributed by atoms with van der Waals surface area (Å²) >= 11 is 0. The fourth-order valence-electron chi connectivity index (χ4n) is 2.81. The number of amides is 1. The van der Waals surface area contributed by atoms with Crippen molar-refractivity contribution < 1.29 is 14.3 Å².